The molecule has 2 aromatic carbocycles. The smallest absolute Gasteiger partial charge is 0.165 e. The number of pyridine rings is 3. The fourth-order valence-corrected chi connectivity index (χ4v) is 3.95. The Morgan fingerprint density at radius 2 is 0.639 bits per heavy atom. The van der Waals surface area contributed by atoms with E-state index in [4.69, 9.17) is 15.0 Å². The van der Waals surface area contributed by atoms with E-state index < -0.39 is 0 Å². The van der Waals surface area contributed by atoms with Crippen LogP contribution in [0.4, 0.5) is 0 Å². The van der Waals surface area contributed by atoms with Gasteiger partial charge in [-0.1, -0.05) is 60.7 Å². The normalized spacial score (nSPS) is 10.8. The predicted molar refractivity (Wildman–Crippen MR) is 140 cm³/mol. The lowest BCUT2D eigenvalue weighted by Gasteiger charge is -2.09. The topological polar surface area (TPSA) is 77.3 Å². The second-order valence-electron chi connectivity index (χ2n) is 8.19. The zero-order valence-corrected chi connectivity index (χ0v) is 19.2. The summed E-state index contributed by atoms with van der Waals surface area (Å²) >= 11 is 0. The van der Waals surface area contributed by atoms with Crippen LogP contribution in [0, 0.1) is 0 Å². The van der Waals surface area contributed by atoms with Gasteiger partial charge in [-0.3, -0.25) is 15.0 Å². The van der Waals surface area contributed by atoms with Gasteiger partial charge in [0.25, 0.3) is 0 Å². The molecule has 0 saturated carbocycles. The summed E-state index contributed by atoms with van der Waals surface area (Å²) in [6, 6.07) is 28.1. The maximum absolute atomic E-state index is 4.84. The van der Waals surface area contributed by atoms with Crippen molar-refractivity contribution >= 4 is 0 Å². The van der Waals surface area contributed by atoms with Gasteiger partial charge >= 0.3 is 0 Å². The van der Waals surface area contributed by atoms with Crippen molar-refractivity contribution in [2.45, 2.75) is 0 Å². The average molecular weight is 465 g/mol. The first-order valence-corrected chi connectivity index (χ1v) is 11.5. The van der Waals surface area contributed by atoms with E-state index >= 15 is 0 Å². The minimum Gasteiger partial charge on any atom is -0.264 e. The van der Waals surface area contributed by atoms with Crippen LogP contribution in [0.25, 0.3) is 56.4 Å². The fraction of sp³-hybridized carbons (Fsp3) is 0. The Labute approximate surface area is 208 Å². The molecule has 0 N–H and O–H groups in total. The largest absolute Gasteiger partial charge is 0.264 e. The molecule has 170 valence electrons. The second kappa shape index (κ2) is 9.64. The number of nitrogens with zero attached hydrogens (tertiary/aromatic N) is 6. The molecule has 0 radical (unpaired) electrons. The number of aromatic nitrogens is 6. The first kappa shape index (κ1) is 21.4. The standard InChI is InChI=1S/C30H20N6/c1-4-25(18-31-15-1)21-7-11-23(12-8-21)28-34-29(36-30(35-28)27-6-3-17-33-20-27)24-13-9-22(10-14-24)26-5-2-16-32-19-26/h1-20H. The molecule has 0 spiro atoms. The van der Waals surface area contributed by atoms with Crippen LogP contribution in [0.15, 0.2) is 122 Å². The Bertz CT molecular complexity index is 1480. The van der Waals surface area contributed by atoms with Gasteiger partial charge in [0.05, 0.1) is 0 Å². The van der Waals surface area contributed by atoms with E-state index in [2.05, 4.69) is 39.2 Å². The van der Waals surface area contributed by atoms with Crippen LogP contribution in [-0.4, -0.2) is 29.9 Å². The summed E-state index contributed by atoms with van der Waals surface area (Å²) < 4.78 is 0. The summed E-state index contributed by atoms with van der Waals surface area (Å²) in [6.45, 7) is 0. The Kier molecular flexibility index (Phi) is 5.74. The molecule has 0 aliphatic heterocycles. The molecule has 0 fully saturated rings. The predicted octanol–water partition coefficient (Wildman–Crippen LogP) is 6.39. The van der Waals surface area contributed by atoms with Crippen LogP contribution in [0.5, 0.6) is 0 Å². The monoisotopic (exact) mass is 464 g/mol. The van der Waals surface area contributed by atoms with Crippen LogP contribution in [0.2, 0.25) is 0 Å². The zero-order valence-electron chi connectivity index (χ0n) is 19.2. The zero-order chi connectivity index (χ0) is 24.2. The van der Waals surface area contributed by atoms with E-state index in [9.17, 15) is 0 Å². The molecule has 0 aliphatic rings. The molecule has 6 heteroatoms. The Morgan fingerprint density at radius 1 is 0.306 bits per heavy atom. The molecule has 4 aromatic heterocycles. The lowest BCUT2D eigenvalue weighted by Crippen LogP contribution is -2.00. The van der Waals surface area contributed by atoms with Gasteiger partial charge < -0.3 is 0 Å². The summed E-state index contributed by atoms with van der Waals surface area (Å²) in [5.74, 6) is 1.79. The molecule has 0 aliphatic carbocycles. The van der Waals surface area contributed by atoms with Crippen molar-refractivity contribution in [3.05, 3.63) is 122 Å². The van der Waals surface area contributed by atoms with E-state index in [0.29, 0.717) is 17.5 Å². The van der Waals surface area contributed by atoms with Crippen molar-refractivity contribution in [3.8, 4) is 56.4 Å². The summed E-state index contributed by atoms with van der Waals surface area (Å²) in [5, 5.41) is 0. The minimum absolute atomic E-state index is 0.579. The maximum Gasteiger partial charge on any atom is 0.165 e. The second-order valence-corrected chi connectivity index (χ2v) is 8.19. The van der Waals surface area contributed by atoms with E-state index in [1.165, 1.54) is 0 Å². The summed E-state index contributed by atoms with van der Waals surface area (Å²) in [4.78, 5) is 27.1. The summed E-state index contributed by atoms with van der Waals surface area (Å²) in [7, 11) is 0. The number of rotatable bonds is 5. The number of hydrogen-bond donors (Lipinski definition) is 0. The molecular weight excluding hydrogens is 444 g/mol. The molecule has 6 nitrogen and oxygen atoms in total. The molecule has 0 atom stereocenters. The molecule has 0 bridgehead atoms. The number of benzene rings is 2. The fourth-order valence-electron chi connectivity index (χ4n) is 3.95. The van der Waals surface area contributed by atoms with Crippen molar-refractivity contribution in [2.75, 3.05) is 0 Å². The first-order valence-electron chi connectivity index (χ1n) is 11.5. The highest BCUT2D eigenvalue weighted by Crippen LogP contribution is 2.28. The van der Waals surface area contributed by atoms with E-state index in [0.717, 1.165) is 38.9 Å². The van der Waals surface area contributed by atoms with Crippen LogP contribution in [0.3, 0.4) is 0 Å². The molecule has 4 heterocycles. The Hall–Kier alpha value is -5.10. The van der Waals surface area contributed by atoms with Gasteiger partial charge in [-0.2, -0.15) is 0 Å². The van der Waals surface area contributed by atoms with Gasteiger partial charge in [0, 0.05) is 53.9 Å². The highest BCUT2D eigenvalue weighted by molar-refractivity contribution is 5.71. The Morgan fingerprint density at radius 3 is 1.00 bits per heavy atom. The Balaban J connectivity index is 1.41. The third-order valence-corrected chi connectivity index (χ3v) is 5.83. The summed E-state index contributed by atoms with van der Waals surface area (Å²) in [6.07, 6.45) is 10.7. The van der Waals surface area contributed by atoms with Crippen LogP contribution in [0.1, 0.15) is 0 Å². The quantitative estimate of drug-likeness (QED) is 0.294. The SMILES string of the molecule is c1cncc(-c2ccc(-c3nc(-c4ccc(-c5cccnc5)cc4)nc(-c4cccnc4)n3)cc2)c1. The van der Waals surface area contributed by atoms with Gasteiger partial charge in [-0.05, 0) is 46.5 Å². The van der Waals surface area contributed by atoms with Crippen molar-refractivity contribution in [1.29, 1.82) is 0 Å². The van der Waals surface area contributed by atoms with Crippen molar-refractivity contribution < 1.29 is 0 Å². The van der Waals surface area contributed by atoms with Crippen molar-refractivity contribution in [1.82, 2.24) is 29.9 Å². The lowest BCUT2D eigenvalue weighted by atomic mass is 10.0. The maximum atomic E-state index is 4.84. The highest BCUT2D eigenvalue weighted by atomic mass is 15.0. The van der Waals surface area contributed by atoms with Gasteiger partial charge in [0.2, 0.25) is 0 Å². The first-order chi connectivity index (χ1) is 17.8. The average Bonchev–Trinajstić information content (AvgIpc) is 2.98. The van der Waals surface area contributed by atoms with Gasteiger partial charge in [-0.25, -0.2) is 15.0 Å². The van der Waals surface area contributed by atoms with E-state index in [-0.39, 0.29) is 0 Å². The lowest BCUT2D eigenvalue weighted by molar-refractivity contribution is 1.07. The van der Waals surface area contributed by atoms with Gasteiger partial charge in [0.1, 0.15) is 0 Å². The highest BCUT2D eigenvalue weighted by Gasteiger charge is 2.13. The molecular formula is C30H20N6. The molecule has 0 saturated heterocycles. The molecule has 0 unspecified atom stereocenters. The van der Waals surface area contributed by atoms with Crippen LogP contribution in [-0.2, 0) is 0 Å². The van der Waals surface area contributed by atoms with E-state index in [1.54, 1.807) is 24.8 Å². The van der Waals surface area contributed by atoms with E-state index in [1.807, 2.05) is 73.1 Å². The number of hydrogen-bond acceptors (Lipinski definition) is 6. The molecule has 36 heavy (non-hydrogen) atoms. The van der Waals surface area contributed by atoms with Crippen molar-refractivity contribution in [3.63, 3.8) is 0 Å². The van der Waals surface area contributed by atoms with Crippen LogP contribution < -0.4 is 0 Å². The minimum atomic E-state index is 0.579. The van der Waals surface area contributed by atoms with Gasteiger partial charge in [0.15, 0.2) is 17.5 Å². The third kappa shape index (κ3) is 4.48. The summed E-state index contributed by atoms with van der Waals surface area (Å²) in [5.41, 5.74) is 6.93. The third-order valence-electron chi connectivity index (χ3n) is 5.83. The van der Waals surface area contributed by atoms with Crippen molar-refractivity contribution in [2.24, 2.45) is 0 Å². The molecule has 6 rings (SSSR count). The van der Waals surface area contributed by atoms with Crippen LogP contribution >= 0.6 is 0 Å². The molecule has 6 aromatic rings. The van der Waals surface area contributed by atoms with Gasteiger partial charge in [-0.15, -0.1) is 0 Å². The molecule has 0 amide bonds.